The molecular formula is C19H20N2O4S. The highest BCUT2D eigenvalue weighted by Gasteiger charge is 2.23. The Balaban J connectivity index is 1.47. The maximum absolute atomic E-state index is 12.4. The van der Waals surface area contributed by atoms with Gasteiger partial charge in [0.2, 0.25) is 0 Å². The SMILES string of the molecule is Cc1ccc(C(=O)NCC(=O)OCC(=O)N2CCCc3ccccc32)s1. The van der Waals surface area contributed by atoms with E-state index in [1.807, 2.05) is 37.3 Å². The molecule has 2 amide bonds. The lowest BCUT2D eigenvalue weighted by atomic mass is 10.0. The minimum atomic E-state index is -0.634. The topological polar surface area (TPSA) is 75.7 Å². The summed E-state index contributed by atoms with van der Waals surface area (Å²) in [4.78, 5) is 39.3. The number of nitrogens with zero attached hydrogens (tertiary/aromatic N) is 1. The molecule has 0 saturated heterocycles. The van der Waals surface area contributed by atoms with Gasteiger partial charge in [-0.2, -0.15) is 0 Å². The van der Waals surface area contributed by atoms with Crippen LogP contribution in [0.2, 0.25) is 0 Å². The van der Waals surface area contributed by atoms with Crippen LogP contribution in [-0.2, 0) is 20.7 Å². The van der Waals surface area contributed by atoms with E-state index in [9.17, 15) is 14.4 Å². The molecule has 2 aromatic rings. The lowest BCUT2D eigenvalue weighted by molar-refractivity contribution is -0.146. The molecule has 2 heterocycles. The molecule has 0 aliphatic carbocycles. The van der Waals surface area contributed by atoms with E-state index in [2.05, 4.69) is 5.32 Å². The number of hydrogen-bond donors (Lipinski definition) is 1. The van der Waals surface area contributed by atoms with Crippen molar-refractivity contribution in [1.82, 2.24) is 5.32 Å². The van der Waals surface area contributed by atoms with E-state index >= 15 is 0 Å². The van der Waals surface area contributed by atoms with Gasteiger partial charge >= 0.3 is 5.97 Å². The van der Waals surface area contributed by atoms with Crippen LogP contribution in [0.5, 0.6) is 0 Å². The smallest absolute Gasteiger partial charge is 0.325 e. The van der Waals surface area contributed by atoms with Crippen molar-refractivity contribution in [2.45, 2.75) is 19.8 Å². The maximum atomic E-state index is 12.4. The second kappa shape index (κ2) is 8.14. The first-order valence-corrected chi connectivity index (χ1v) is 9.25. The largest absolute Gasteiger partial charge is 0.454 e. The predicted molar refractivity (Wildman–Crippen MR) is 99.5 cm³/mol. The third kappa shape index (κ3) is 4.29. The van der Waals surface area contributed by atoms with Crippen molar-refractivity contribution in [3.05, 3.63) is 51.7 Å². The van der Waals surface area contributed by atoms with Gasteiger partial charge in [-0.3, -0.25) is 14.4 Å². The number of esters is 1. The van der Waals surface area contributed by atoms with Gasteiger partial charge in [0, 0.05) is 17.1 Å². The molecule has 0 spiro atoms. The number of para-hydroxylation sites is 1. The highest BCUT2D eigenvalue weighted by molar-refractivity contribution is 7.13. The predicted octanol–water partition coefficient (Wildman–Crippen LogP) is 2.31. The van der Waals surface area contributed by atoms with Crippen molar-refractivity contribution in [2.75, 3.05) is 24.6 Å². The first-order chi connectivity index (χ1) is 12.5. The molecule has 0 radical (unpaired) electrons. The number of fused-ring (bicyclic) bond motifs is 1. The molecule has 3 rings (SSSR count). The lowest BCUT2D eigenvalue weighted by Gasteiger charge is -2.29. The van der Waals surface area contributed by atoms with Gasteiger partial charge in [0.25, 0.3) is 11.8 Å². The van der Waals surface area contributed by atoms with Crippen LogP contribution in [0, 0.1) is 6.92 Å². The third-order valence-electron chi connectivity index (χ3n) is 4.13. The molecule has 1 aromatic heterocycles. The van der Waals surface area contributed by atoms with Crippen LogP contribution in [0.15, 0.2) is 36.4 Å². The van der Waals surface area contributed by atoms with E-state index in [1.54, 1.807) is 11.0 Å². The number of thiophene rings is 1. The van der Waals surface area contributed by atoms with Gasteiger partial charge in [-0.25, -0.2) is 0 Å². The summed E-state index contributed by atoms with van der Waals surface area (Å²) in [6.07, 6.45) is 1.82. The summed E-state index contributed by atoms with van der Waals surface area (Å²) in [5.41, 5.74) is 2.00. The van der Waals surface area contributed by atoms with Crippen molar-refractivity contribution in [3.63, 3.8) is 0 Å². The molecule has 0 saturated carbocycles. The highest BCUT2D eigenvalue weighted by Crippen LogP contribution is 2.26. The Kier molecular flexibility index (Phi) is 5.68. The summed E-state index contributed by atoms with van der Waals surface area (Å²) < 4.78 is 5.02. The van der Waals surface area contributed by atoms with E-state index in [1.165, 1.54) is 11.3 Å². The minimum absolute atomic E-state index is 0.259. The molecule has 1 N–H and O–H groups in total. The van der Waals surface area contributed by atoms with E-state index in [-0.39, 0.29) is 25.0 Å². The summed E-state index contributed by atoms with van der Waals surface area (Å²) >= 11 is 1.35. The van der Waals surface area contributed by atoms with Crippen LogP contribution in [-0.4, -0.2) is 37.5 Å². The monoisotopic (exact) mass is 372 g/mol. The van der Waals surface area contributed by atoms with Gasteiger partial charge in [0.1, 0.15) is 6.54 Å². The van der Waals surface area contributed by atoms with Crippen LogP contribution in [0.25, 0.3) is 0 Å². The average Bonchev–Trinajstić information content (AvgIpc) is 3.10. The molecule has 6 nitrogen and oxygen atoms in total. The van der Waals surface area contributed by atoms with Gasteiger partial charge in [-0.05, 0) is 43.5 Å². The number of hydrogen-bond acceptors (Lipinski definition) is 5. The number of anilines is 1. The van der Waals surface area contributed by atoms with E-state index in [4.69, 9.17) is 4.74 Å². The summed E-state index contributed by atoms with van der Waals surface area (Å²) in [6.45, 7) is 1.92. The highest BCUT2D eigenvalue weighted by atomic mass is 32.1. The first kappa shape index (κ1) is 18.1. The fraction of sp³-hybridized carbons (Fsp3) is 0.316. The average molecular weight is 372 g/mol. The number of carbonyl (C=O) groups is 3. The van der Waals surface area contributed by atoms with Gasteiger partial charge in [0.05, 0.1) is 4.88 Å². The molecule has 1 aliphatic heterocycles. The Morgan fingerprint density at radius 3 is 2.77 bits per heavy atom. The second-order valence-corrected chi connectivity index (χ2v) is 7.32. The molecule has 0 atom stereocenters. The Labute approximate surface area is 155 Å². The van der Waals surface area contributed by atoms with Gasteiger partial charge in [-0.15, -0.1) is 11.3 Å². The van der Waals surface area contributed by atoms with Crippen LogP contribution in [0.3, 0.4) is 0 Å². The quantitative estimate of drug-likeness (QED) is 0.817. The van der Waals surface area contributed by atoms with Crippen LogP contribution >= 0.6 is 11.3 Å². The third-order valence-corrected chi connectivity index (χ3v) is 5.12. The fourth-order valence-corrected chi connectivity index (χ4v) is 3.64. The van der Waals surface area contributed by atoms with Crippen molar-refractivity contribution in [3.8, 4) is 0 Å². The number of ether oxygens (including phenoxy) is 1. The molecule has 0 unspecified atom stereocenters. The van der Waals surface area contributed by atoms with Gasteiger partial charge in [-0.1, -0.05) is 18.2 Å². The Morgan fingerprint density at radius 1 is 1.19 bits per heavy atom. The van der Waals surface area contributed by atoms with Gasteiger partial charge < -0.3 is 15.0 Å². The molecule has 7 heteroatoms. The number of amides is 2. The standard InChI is InChI=1S/C19H20N2O4S/c1-13-8-9-16(26-13)19(24)20-11-18(23)25-12-17(22)21-10-4-6-14-5-2-3-7-15(14)21/h2-3,5,7-9H,4,6,10-12H2,1H3,(H,20,24). The molecular weight excluding hydrogens is 352 g/mol. The van der Waals surface area contributed by atoms with Crippen molar-refractivity contribution in [1.29, 1.82) is 0 Å². The Bertz CT molecular complexity index is 830. The number of benzene rings is 1. The Morgan fingerprint density at radius 2 is 2.00 bits per heavy atom. The van der Waals surface area contributed by atoms with Crippen LogP contribution in [0.4, 0.5) is 5.69 Å². The van der Waals surface area contributed by atoms with E-state index in [0.717, 1.165) is 29.0 Å². The molecule has 0 fully saturated rings. The van der Waals surface area contributed by atoms with Crippen LogP contribution in [0.1, 0.15) is 26.5 Å². The summed E-state index contributed by atoms with van der Waals surface area (Å²) in [5.74, 6) is -1.22. The van der Waals surface area contributed by atoms with E-state index < -0.39 is 5.97 Å². The zero-order valence-corrected chi connectivity index (χ0v) is 15.3. The van der Waals surface area contributed by atoms with Crippen LogP contribution < -0.4 is 10.2 Å². The van der Waals surface area contributed by atoms with E-state index in [0.29, 0.717) is 11.4 Å². The fourth-order valence-electron chi connectivity index (χ4n) is 2.86. The molecule has 1 aliphatic rings. The summed E-state index contributed by atoms with van der Waals surface area (Å²) in [6, 6.07) is 11.3. The number of carbonyl (C=O) groups excluding carboxylic acids is 3. The summed E-state index contributed by atoms with van der Waals surface area (Å²) in [5, 5.41) is 2.50. The normalized spacial score (nSPS) is 13.0. The Hall–Kier alpha value is -2.67. The number of nitrogens with one attached hydrogen (secondary N) is 1. The maximum Gasteiger partial charge on any atom is 0.325 e. The lowest BCUT2D eigenvalue weighted by Crippen LogP contribution is -2.39. The molecule has 26 heavy (non-hydrogen) atoms. The minimum Gasteiger partial charge on any atom is -0.454 e. The molecule has 136 valence electrons. The van der Waals surface area contributed by atoms with Crippen molar-refractivity contribution >= 4 is 34.8 Å². The zero-order chi connectivity index (χ0) is 18.5. The van der Waals surface area contributed by atoms with Gasteiger partial charge in [0.15, 0.2) is 6.61 Å². The zero-order valence-electron chi connectivity index (χ0n) is 14.5. The number of rotatable bonds is 5. The summed E-state index contributed by atoms with van der Waals surface area (Å²) in [7, 11) is 0. The van der Waals surface area contributed by atoms with Crippen molar-refractivity contribution in [2.24, 2.45) is 0 Å². The molecule has 1 aromatic carbocycles. The van der Waals surface area contributed by atoms with Crippen molar-refractivity contribution < 1.29 is 19.1 Å². The number of aryl methyl sites for hydroxylation is 2. The molecule has 0 bridgehead atoms. The first-order valence-electron chi connectivity index (χ1n) is 8.43. The second-order valence-electron chi connectivity index (χ2n) is 6.03.